The molecule has 1 unspecified atom stereocenters. The standard InChI is InChI=1S/C27H23F3N4O2S/c1-15-11-18(9-10-32-15)17-7-8-22-21(12-17)33-14-34(22)24-13-23(25(37-24)26(31)35)36-16(2)19-5-3-4-6-20(19)27(28,29)30/h3-11,13-14,16-17H,12H2,1-2H3,(H2,31,35)/t16-,17?/m1/s1. The monoisotopic (exact) mass is 524 g/mol. The van der Waals surface area contributed by atoms with Crippen molar-refractivity contribution in [1.29, 1.82) is 0 Å². The summed E-state index contributed by atoms with van der Waals surface area (Å²) in [7, 11) is 0. The van der Waals surface area contributed by atoms with Crippen LogP contribution in [0, 0.1) is 6.92 Å². The van der Waals surface area contributed by atoms with Crippen molar-refractivity contribution in [3.05, 3.63) is 99.7 Å². The van der Waals surface area contributed by atoms with Gasteiger partial charge in [0.15, 0.2) is 0 Å². The first-order valence-electron chi connectivity index (χ1n) is 11.6. The SMILES string of the molecule is Cc1cc(C2C=Cc3c(ncn3-c3cc(O[C@H](C)c4ccccc4C(F)(F)F)c(C(N)=O)s3)C2)ccn1. The highest BCUT2D eigenvalue weighted by Gasteiger charge is 2.35. The Bertz CT molecular complexity index is 1510. The first kappa shape index (κ1) is 24.8. The molecule has 4 aromatic rings. The molecule has 10 heteroatoms. The highest BCUT2D eigenvalue weighted by molar-refractivity contribution is 7.16. The fourth-order valence-electron chi connectivity index (χ4n) is 4.52. The van der Waals surface area contributed by atoms with E-state index in [1.165, 1.54) is 25.1 Å². The van der Waals surface area contributed by atoms with Gasteiger partial charge in [0.1, 0.15) is 28.1 Å². The molecule has 1 aromatic carbocycles. The highest BCUT2D eigenvalue weighted by atomic mass is 32.1. The molecule has 190 valence electrons. The lowest BCUT2D eigenvalue weighted by atomic mass is 9.90. The molecule has 37 heavy (non-hydrogen) atoms. The van der Waals surface area contributed by atoms with Crippen molar-refractivity contribution >= 4 is 23.3 Å². The molecule has 1 amide bonds. The minimum Gasteiger partial charge on any atom is -0.484 e. The molecule has 2 N–H and O–H groups in total. The number of hydrogen-bond acceptors (Lipinski definition) is 5. The van der Waals surface area contributed by atoms with Gasteiger partial charge in [0, 0.05) is 35.9 Å². The number of allylic oxidation sites excluding steroid dienone is 1. The van der Waals surface area contributed by atoms with Crippen LogP contribution in [-0.2, 0) is 12.6 Å². The van der Waals surface area contributed by atoms with Gasteiger partial charge < -0.3 is 10.5 Å². The Kier molecular flexibility index (Phi) is 6.36. The van der Waals surface area contributed by atoms with Crippen LogP contribution in [0.4, 0.5) is 13.2 Å². The molecule has 2 atom stereocenters. The number of hydrogen-bond donors (Lipinski definition) is 1. The smallest absolute Gasteiger partial charge is 0.416 e. The number of carbonyl (C=O) groups is 1. The molecule has 1 aliphatic carbocycles. The Balaban J connectivity index is 1.45. The van der Waals surface area contributed by atoms with Crippen molar-refractivity contribution in [2.75, 3.05) is 0 Å². The van der Waals surface area contributed by atoms with Gasteiger partial charge in [0.2, 0.25) is 0 Å². The van der Waals surface area contributed by atoms with E-state index in [4.69, 9.17) is 10.5 Å². The van der Waals surface area contributed by atoms with E-state index in [0.29, 0.717) is 11.4 Å². The summed E-state index contributed by atoms with van der Waals surface area (Å²) in [6.45, 7) is 3.46. The van der Waals surface area contributed by atoms with E-state index in [0.717, 1.165) is 40.0 Å². The maximum Gasteiger partial charge on any atom is 0.416 e. The van der Waals surface area contributed by atoms with Gasteiger partial charge in [-0.3, -0.25) is 14.3 Å². The number of aryl methyl sites for hydroxylation is 1. The summed E-state index contributed by atoms with van der Waals surface area (Å²) in [5.74, 6) is -0.430. The van der Waals surface area contributed by atoms with E-state index < -0.39 is 23.8 Å². The van der Waals surface area contributed by atoms with Gasteiger partial charge in [-0.1, -0.05) is 24.3 Å². The molecular weight excluding hydrogens is 501 g/mol. The molecule has 3 heterocycles. The summed E-state index contributed by atoms with van der Waals surface area (Å²) >= 11 is 1.10. The maximum absolute atomic E-state index is 13.5. The number of alkyl halides is 3. The van der Waals surface area contributed by atoms with Crippen LogP contribution in [0.15, 0.2) is 61.1 Å². The number of pyridine rings is 1. The van der Waals surface area contributed by atoms with Gasteiger partial charge in [-0.15, -0.1) is 11.3 Å². The van der Waals surface area contributed by atoms with Gasteiger partial charge in [0.25, 0.3) is 5.91 Å². The fraction of sp³-hybridized carbons (Fsp3) is 0.222. The Morgan fingerprint density at radius 3 is 2.73 bits per heavy atom. The lowest BCUT2D eigenvalue weighted by molar-refractivity contribution is -0.138. The molecule has 0 spiro atoms. The van der Waals surface area contributed by atoms with Gasteiger partial charge >= 0.3 is 6.18 Å². The molecule has 5 rings (SSSR count). The van der Waals surface area contributed by atoms with E-state index in [2.05, 4.69) is 22.1 Å². The van der Waals surface area contributed by atoms with E-state index in [1.807, 2.05) is 23.6 Å². The largest absolute Gasteiger partial charge is 0.484 e. The molecule has 0 aliphatic heterocycles. The average molecular weight is 525 g/mol. The number of primary amides is 1. The third-order valence-corrected chi connectivity index (χ3v) is 7.42. The minimum atomic E-state index is -4.53. The normalized spacial score (nSPS) is 15.9. The molecule has 0 saturated heterocycles. The van der Waals surface area contributed by atoms with Gasteiger partial charge in [-0.05, 0) is 43.7 Å². The summed E-state index contributed by atoms with van der Waals surface area (Å²) in [6.07, 6.45) is 2.74. The number of halogens is 3. The second-order valence-corrected chi connectivity index (χ2v) is 9.86. The molecule has 1 aliphatic rings. The van der Waals surface area contributed by atoms with E-state index in [1.54, 1.807) is 18.6 Å². The number of fused-ring (bicyclic) bond motifs is 1. The first-order chi connectivity index (χ1) is 17.6. The van der Waals surface area contributed by atoms with Crippen molar-refractivity contribution in [2.45, 2.75) is 38.5 Å². The average Bonchev–Trinajstić information content (AvgIpc) is 3.47. The van der Waals surface area contributed by atoms with E-state index >= 15 is 0 Å². The van der Waals surface area contributed by atoms with Crippen LogP contribution in [0.5, 0.6) is 5.75 Å². The number of aromatic nitrogens is 3. The summed E-state index contributed by atoms with van der Waals surface area (Å²) in [5.41, 5.74) is 8.63. The van der Waals surface area contributed by atoms with Crippen molar-refractivity contribution in [3.8, 4) is 10.8 Å². The molecule has 6 nitrogen and oxygen atoms in total. The Morgan fingerprint density at radius 1 is 1.22 bits per heavy atom. The summed E-state index contributed by atoms with van der Waals surface area (Å²) < 4.78 is 48.3. The second kappa shape index (κ2) is 9.51. The second-order valence-electron chi connectivity index (χ2n) is 8.83. The van der Waals surface area contributed by atoms with Crippen LogP contribution in [0.25, 0.3) is 11.1 Å². The fourth-order valence-corrected chi connectivity index (χ4v) is 5.45. The Morgan fingerprint density at radius 2 is 2.00 bits per heavy atom. The molecule has 0 radical (unpaired) electrons. The van der Waals surface area contributed by atoms with Crippen LogP contribution in [-0.4, -0.2) is 20.4 Å². The van der Waals surface area contributed by atoms with Gasteiger partial charge in [-0.2, -0.15) is 13.2 Å². The van der Waals surface area contributed by atoms with Gasteiger partial charge in [0.05, 0.1) is 17.0 Å². The minimum absolute atomic E-state index is 0.0292. The number of carbonyl (C=O) groups excluding carboxylic acids is 1. The van der Waals surface area contributed by atoms with E-state index in [-0.39, 0.29) is 22.1 Å². The number of amides is 1. The topological polar surface area (TPSA) is 83.0 Å². The molecule has 0 fully saturated rings. The van der Waals surface area contributed by atoms with Crippen LogP contribution in [0.1, 0.15) is 62.4 Å². The summed E-state index contributed by atoms with van der Waals surface area (Å²) in [4.78, 5) is 21.2. The van der Waals surface area contributed by atoms with Crippen molar-refractivity contribution in [1.82, 2.24) is 14.5 Å². The van der Waals surface area contributed by atoms with Crippen LogP contribution in [0.3, 0.4) is 0 Å². The molecule has 0 saturated carbocycles. The number of benzene rings is 1. The number of thiophene rings is 1. The number of ether oxygens (including phenoxy) is 1. The number of rotatable bonds is 6. The zero-order valence-corrected chi connectivity index (χ0v) is 20.8. The molecule has 0 bridgehead atoms. The Hall–Kier alpha value is -3.92. The third-order valence-electron chi connectivity index (χ3n) is 6.29. The third kappa shape index (κ3) is 4.89. The van der Waals surface area contributed by atoms with Crippen molar-refractivity contribution in [3.63, 3.8) is 0 Å². The van der Waals surface area contributed by atoms with Gasteiger partial charge in [-0.25, -0.2) is 4.98 Å². The van der Waals surface area contributed by atoms with Crippen LogP contribution < -0.4 is 10.5 Å². The number of nitrogens with zero attached hydrogens (tertiary/aromatic N) is 3. The first-order valence-corrected chi connectivity index (χ1v) is 12.4. The number of imidazole rings is 1. The van der Waals surface area contributed by atoms with Crippen LogP contribution in [0.2, 0.25) is 0 Å². The lowest BCUT2D eigenvalue weighted by Gasteiger charge is -2.19. The predicted octanol–water partition coefficient (Wildman–Crippen LogP) is 6.25. The van der Waals surface area contributed by atoms with Crippen molar-refractivity contribution < 1.29 is 22.7 Å². The zero-order valence-electron chi connectivity index (χ0n) is 20.0. The zero-order chi connectivity index (χ0) is 26.3. The quantitative estimate of drug-likeness (QED) is 0.323. The summed E-state index contributed by atoms with van der Waals surface area (Å²) in [6, 6.07) is 10.9. The maximum atomic E-state index is 13.5. The lowest BCUT2D eigenvalue weighted by Crippen LogP contribution is -2.15. The van der Waals surface area contributed by atoms with E-state index in [9.17, 15) is 18.0 Å². The summed E-state index contributed by atoms with van der Waals surface area (Å²) in [5, 5.41) is 0.622. The predicted molar refractivity (Wildman–Crippen MR) is 135 cm³/mol. The van der Waals surface area contributed by atoms with Crippen LogP contribution >= 0.6 is 11.3 Å². The van der Waals surface area contributed by atoms with Crippen molar-refractivity contribution in [2.24, 2.45) is 5.73 Å². The number of nitrogens with two attached hydrogens (primary N) is 1. The molecule has 3 aromatic heterocycles. The Labute approximate surface area is 215 Å². The highest BCUT2D eigenvalue weighted by Crippen LogP contribution is 2.40. The molecular formula is C27H23F3N4O2S.